The highest BCUT2D eigenvalue weighted by Gasteiger charge is 2.30. The number of carboxylic acids is 1. The van der Waals surface area contributed by atoms with Crippen molar-refractivity contribution < 1.29 is 24.2 Å². The lowest BCUT2D eigenvalue weighted by Gasteiger charge is -2.26. The van der Waals surface area contributed by atoms with Gasteiger partial charge in [-0.1, -0.05) is 48.5 Å². The standard InChI is InChI=1S/C26H30N2O5/c1-16(24(29)27-14-17-10-12-18(13-11-17)25(30)31)28-26(32)33-15-23-21-8-4-2-6-19(21)20-7-3-5-9-22(20)23/h2-9,16-18,23H,10-15H2,1H3,(H,27,29)(H,28,32)(H,30,31). The molecule has 0 aliphatic heterocycles. The SMILES string of the molecule is CC(NC(=O)OCC1c2ccccc2-c2ccccc21)C(=O)NCC1CCC(C(=O)O)CC1. The molecule has 0 aromatic heterocycles. The highest BCUT2D eigenvalue weighted by atomic mass is 16.5. The Morgan fingerprint density at radius 3 is 2.12 bits per heavy atom. The molecule has 2 aliphatic rings. The van der Waals surface area contributed by atoms with Gasteiger partial charge >= 0.3 is 12.1 Å². The third kappa shape index (κ3) is 5.18. The maximum absolute atomic E-state index is 12.4. The van der Waals surface area contributed by atoms with Crippen LogP contribution in [0.2, 0.25) is 0 Å². The largest absolute Gasteiger partial charge is 0.481 e. The Balaban J connectivity index is 1.24. The van der Waals surface area contributed by atoms with Crippen molar-refractivity contribution in [3.8, 4) is 11.1 Å². The summed E-state index contributed by atoms with van der Waals surface area (Å²) in [6.07, 6.45) is 2.23. The first kappa shape index (κ1) is 22.8. The van der Waals surface area contributed by atoms with Gasteiger partial charge in [-0.05, 0) is 60.8 Å². The maximum Gasteiger partial charge on any atom is 0.407 e. The van der Waals surface area contributed by atoms with Crippen LogP contribution in [0.25, 0.3) is 11.1 Å². The van der Waals surface area contributed by atoms with E-state index in [9.17, 15) is 14.4 Å². The van der Waals surface area contributed by atoms with Crippen LogP contribution in [0, 0.1) is 11.8 Å². The second-order valence-corrected chi connectivity index (χ2v) is 8.99. The lowest BCUT2D eigenvalue weighted by molar-refractivity contribution is -0.143. The summed E-state index contributed by atoms with van der Waals surface area (Å²) < 4.78 is 5.50. The van der Waals surface area contributed by atoms with Crippen molar-refractivity contribution in [1.82, 2.24) is 10.6 Å². The maximum atomic E-state index is 12.4. The lowest BCUT2D eigenvalue weighted by Crippen LogP contribution is -2.46. The molecule has 4 rings (SSSR count). The van der Waals surface area contributed by atoms with Crippen molar-refractivity contribution in [2.45, 2.75) is 44.6 Å². The molecule has 0 radical (unpaired) electrons. The van der Waals surface area contributed by atoms with Gasteiger partial charge in [-0.2, -0.15) is 0 Å². The van der Waals surface area contributed by atoms with Crippen molar-refractivity contribution in [2.24, 2.45) is 11.8 Å². The van der Waals surface area contributed by atoms with Crippen molar-refractivity contribution >= 4 is 18.0 Å². The van der Waals surface area contributed by atoms with Gasteiger partial charge in [-0.15, -0.1) is 0 Å². The van der Waals surface area contributed by atoms with Crippen LogP contribution in [0.1, 0.15) is 49.7 Å². The number of carboxylic acid groups (broad SMARTS) is 1. The van der Waals surface area contributed by atoms with Crippen LogP contribution in [0.4, 0.5) is 4.79 Å². The highest BCUT2D eigenvalue weighted by molar-refractivity contribution is 5.85. The molecule has 1 fully saturated rings. The number of ether oxygens (including phenoxy) is 1. The number of amides is 2. The molecule has 1 saturated carbocycles. The Kier molecular flexibility index (Phi) is 6.96. The minimum atomic E-state index is -0.738. The molecule has 2 amide bonds. The van der Waals surface area contributed by atoms with Crippen LogP contribution in [-0.2, 0) is 14.3 Å². The Morgan fingerprint density at radius 1 is 0.970 bits per heavy atom. The zero-order valence-corrected chi connectivity index (χ0v) is 18.8. The summed E-state index contributed by atoms with van der Waals surface area (Å²) in [5.74, 6) is -1.05. The van der Waals surface area contributed by atoms with Gasteiger partial charge in [-0.3, -0.25) is 9.59 Å². The first-order valence-corrected chi connectivity index (χ1v) is 11.6. The number of benzene rings is 2. The van der Waals surface area contributed by atoms with E-state index in [1.165, 1.54) is 0 Å². The van der Waals surface area contributed by atoms with Crippen molar-refractivity contribution in [1.29, 1.82) is 0 Å². The smallest absolute Gasteiger partial charge is 0.407 e. The predicted molar refractivity (Wildman–Crippen MR) is 124 cm³/mol. The van der Waals surface area contributed by atoms with E-state index in [1.54, 1.807) is 6.92 Å². The molecule has 7 heteroatoms. The number of aliphatic carboxylic acids is 1. The number of carbonyl (C=O) groups is 3. The summed E-state index contributed by atoms with van der Waals surface area (Å²) in [5, 5.41) is 14.6. The Hall–Kier alpha value is -3.35. The van der Waals surface area contributed by atoms with E-state index in [2.05, 4.69) is 34.9 Å². The minimum absolute atomic E-state index is 0.0341. The quantitative estimate of drug-likeness (QED) is 0.593. The topological polar surface area (TPSA) is 105 Å². The molecule has 1 unspecified atom stereocenters. The Labute approximate surface area is 193 Å². The molecule has 3 N–H and O–H groups in total. The molecule has 0 saturated heterocycles. The van der Waals surface area contributed by atoms with Gasteiger partial charge in [0.2, 0.25) is 5.91 Å². The normalized spacial score (nSPS) is 20.3. The highest BCUT2D eigenvalue weighted by Crippen LogP contribution is 2.44. The van der Waals surface area contributed by atoms with Gasteiger partial charge in [0.05, 0.1) is 5.92 Å². The van der Waals surface area contributed by atoms with Gasteiger partial charge < -0.3 is 20.5 Å². The van der Waals surface area contributed by atoms with E-state index in [-0.39, 0.29) is 30.3 Å². The molecule has 0 spiro atoms. The van der Waals surface area contributed by atoms with Crippen molar-refractivity contribution in [3.05, 3.63) is 59.7 Å². The Morgan fingerprint density at radius 2 is 1.55 bits per heavy atom. The van der Waals surface area contributed by atoms with E-state index in [0.29, 0.717) is 19.4 Å². The second kappa shape index (κ2) is 10.1. The van der Waals surface area contributed by atoms with E-state index in [1.807, 2.05) is 24.3 Å². The van der Waals surface area contributed by atoms with Gasteiger partial charge in [0, 0.05) is 12.5 Å². The number of hydrogen-bond acceptors (Lipinski definition) is 4. The summed E-state index contributed by atoms with van der Waals surface area (Å²) in [6, 6.07) is 15.5. The van der Waals surface area contributed by atoms with Crippen LogP contribution in [0.15, 0.2) is 48.5 Å². The van der Waals surface area contributed by atoms with Crippen LogP contribution in [-0.4, -0.2) is 42.3 Å². The van der Waals surface area contributed by atoms with Gasteiger partial charge in [-0.25, -0.2) is 4.79 Å². The Bertz CT molecular complexity index is 983. The van der Waals surface area contributed by atoms with Gasteiger partial charge in [0.15, 0.2) is 0 Å². The molecule has 0 heterocycles. The number of hydrogen-bond donors (Lipinski definition) is 3. The summed E-state index contributed by atoms with van der Waals surface area (Å²) in [6.45, 7) is 2.31. The number of carbonyl (C=O) groups excluding carboxylic acids is 2. The summed E-state index contributed by atoms with van der Waals surface area (Å²) >= 11 is 0. The zero-order chi connectivity index (χ0) is 23.4. The van der Waals surface area contributed by atoms with Crippen LogP contribution >= 0.6 is 0 Å². The molecule has 0 bridgehead atoms. The molecular formula is C26H30N2O5. The first-order valence-electron chi connectivity index (χ1n) is 11.6. The van der Waals surface area contributed by atoms with Crippen LogP contribution in [0.3, 0.4) is 0 Å². The number of nitrogens with one attached hydrogen (secondary N) is 2. The molecule has 2 aliphatic carbocycles. The average Bonchev–Trinajstić information content (AvgIpc) is 3.15. The number of alkyl carbamates (subject to hydrolysis) is 1. The molecule has 2 aromatic rings. The molecule has 33 heavy (non-hydrogen) atoms. The van der Waals surface area contributed by atoms with E-state index < -0.39 is 18.1 Å². The second-order valence-electron chi connectivity index (χ2n) is 8.99. The van der Waals surface area contributed by atoms with Crippen LogP contribution < -0.4 is 10.6 Å². The van der Waals surface area contributed by atoms with E-state index in [0.717, 1.165) is 35.1 Å². The molecule has 1 atom stereocenters. The third-order valence-electron chi connectivity index (χ3n) is 6.83. The molecular weight excluding hydrogens is 420 g/mol. The number of fused-ring (bicyclic) bond motifs is 3. The van der Waals surface area contributed by atoms with Gasteiger partial charge in [0.1, 0.15) is 12.6 Å². The van der Waals surface area contributed by atoms with E-state index >= 15 is 0 Å². The lowest BCUT2D eigenvalue weighted by atomic mass is 9.82. The average molecular weight is 451 g/mol. The fraction of sp³-hybridized carbons (Fsp3) is 0.423. The van der Waals surface area contributed by atoms with Gasteiger partial charge in [0.25, 0.3) is 0 Å². The molecule has 7 nitrogen and oxygen atoms in total. The summed E-state index contributed by atoms with van der Waals surface area (Å²) in [5.41, 5.74) is 4.59. The van der Waals surface area contributed by atoms with Crippen LogP contribution in [0.5, 0.6) is 0 Å². The molecule has 2 aromatic carbocycles. The molecule has 174 valence electrons. The first-order chi connectivity index (χ1) is 15.9. The zero-order valence-electron chi connectivity index (χ0n) is 18.8. The summed E-state index contributed by atoms with van der Waals surface area (Å²) in [7, 11) is 0. The predicted octanol–water partition coefficient (Wildman–Crippen LogP) is 3.92. The summed E-state index contributed by atoms with van der Waals surface area (Å²) in [4.78, 5) is 35.8. The van der Waals surface area contributed by atoms with E-state index in [4.69, 9.17) is 9.84 Å². The third-order valence-corrected chi connectivity index (χ3v) is 6.83. The fourth-order valence-corrected chi connectivity index (χ4v) is 4.89. The van der Waals surface area contributed by atoms with Crippen molar-refractivity contribution in [3.63, 3.8) is 0 Å². The minimum Gasteiger partial charge on any atom is -0.481 e. The monoisotopic (exact) mass is 450 g/mol. The fourth-order valence-electron chi connectivity index (χ4n) is 4.89. The van der Waals surface area contributed by atoms with Crippen molar-refractivity contribution in [2.75, 3.05) is 13.2 Å². The number of rotatable bonds is 7.